The van der Waals surface area contributed by atoms with Crippen molar-refractivity contribution in [3.8, 4) is 0 Å². The first-order chi connectivity index (χ1) is 15.3. The summed E-state index contributed by atoms with van der Waals surface area (Å²) < 4.78 is 6.55. The highest BCUT2D eigenvalue weighted by Gasteiger charge is 2.21. The SMILES string of the molecule is Cc1c(C(=O)OCC(C)C)sc2ncn(CC(=O)Nc3ccc4ccccc4c3)c(=O)c12. The van der Waals surface area contributed by atoms with Gasteiger partial charge in [0, 0.05) is 5.69 Å². The normalized spacial score (nSPS) is 11.2. The lowest BCUT2D eigenvalue weighted by atomic mass is 10.1. The number of amides is 1. The number of benzene rings is 2. The highest BCUT2D eigenvalue weighted by molar-refractivity contribution is 7.20. The lowest BCUT2D eigenvalue weighted by Crippen LogP contribution is -2.27. The topological polar surface area (TPSA) is 90.3 Å². The molecule has 0 aliphatic rings. The van der Waals surface area contributed by atoms with Gasteiger partial charge in [0.15, 0.2) is 0 Å². The van der Waals surface area contributed by atoms with Crippen LogP contribution in [0.1, 0.15) is 29.1 Å². The van der Waals surface area contributed by atoms with Crippen LogP contribution in [0.2, 0.25) is 0 Å². The monoisotopic (exact) mass is 449 g/mol. The van der Waals surface area contributed by atoms with E-state index in [0.717, 1.165) is 22.1 Å². The number of carbonyl (C=O) groups is 2. The number of fused-ring (bicyclic) bond motifs is 2. The largest absolute Gasteiger partial charge is 0.461 e. The van der Waals surface area contributed by atoms with E-state index in [1.807, 2.05) is 56.3 Å². The molecule has 0 unspecified atom stereocenters. The zero-order chi connectivity index (χ0) is 22.8. The van der Waals surface area contributed by atoms with E-state index in [4.69, 9.17) is 4.74 Å². The average Bonchev–Trinajstić information content (AvgIpc) is 3.11. The molecule has 0 saturated carbocycles. The molecule has 0 saturated heterocycles. The molecule has 0 aliphatic carbocycles. The highest BCUT2D eigenvalue weighted by atomic mass is 32.1. The molecule has 8 heteroatoms. The van der Waals surface area contributed by atoms with E-state index in [2.05, 4.69) is 10.3 Å². The van der Waals surface area contributed by atoms with Crippen molar-refractivity contribution in [1.29, 1.82) is 0 Å². The van der Waals surface area contributed by atoms with Gasteiger partial charge in [-0.25, -0.2) is 9.78 Å². The minimum Gasteiger partial charge on any atom is -0.461 e. The summed E-state index contributed by atoms with van der Waals surface area (Å²) >= 11 is 1.13. The maximum Gasteiger partial charge on any atom is 0.348 e. The minimum atomic E-state index is -0.459. The van der Waals surface area contributed by atoms with E-state index >= 15 is 0 Å². The van der Waals surface area contributed by atoms with Crippen LogP contribution in [0.25, 0.3) is 21.0 Å². The van der Waals surface area contributed by atoms with E-state index in [1.165, 1.54) is 10.9 Å². The van der Waals surface area contributed by atoms with Crippen molar-refractivity contribution in [2.75, 3.05) is 11.9 Å². The Morgan fingerprint density at radius 1 is 1.16 bits per heavy atom. The Kier molecular flexibility index (Phi) is 6.05. The van der Waals surface area contributed by atoms with Crippen LogP contribution in [0.3, 0.4) is 0 Å². The summed E-state index contributed by atoms with van der Waals surface area (Å²) in [4.78, 5) is 43.1. The number of ether oxygens (including phenoxy) is 1. The Morgan fingerprint density at radius 2 is 1.91 bits per heavy atom. The van der Waals surface area contributed by atoms with Gasteiger partial charge in [0.1, 0.15) is 16.3 Å². The van der Waals surface area contributed by atoms with E-state index in [1.54, 1.807) is 6.92 Å². The van der Waals surface area contributed by atoms with Crippen LogP contribution in [0.5, 0.6) is 0 Å². The van der Waals surface area contributed by atoms with Gasteiger partial charge < -0.3 is 10.1 Å². The molecule has 0 radical (unpaired) electrons. The molecular weight excluding hydrogens is 426 g/mol. The third kappa shape index (κ3) is 4.40. The number of nitrogens with one attached hydrogen (secondary N) is 1. The predicted octanol–water partition coefficient (Wildman–Crippen LogP) is 4.37. The second-order valence-electron chi connectivity index (χ2n) is 8.02. The van der Waals surface area contributed by atoms with E-state index in [9.17, 15) is 14.4 Å². The predicted molar refractivity (Wildman–Crippen MR) is 126 cm³/mol. The van der Waals surface area contributed by atoms with Crippen LogP contribution < -0.4 is 10.9 Å². The number of rotatable bonds is 6. The Morgan fingerprint density at radius 3 is 2.66 bits per heavy atom. The fourth-order valence-electron chi connectivity index (χ4n) is 3.40. The van der Waals surface area contributed by atoms with Gasteiger partial charge >= 0.3 is 5.97 Å². The van der Waals surface area contributed by atoms with Gasteiger partial charge in [0.25, 0.3) is 5.56 Å². The van der Waals surface area contributed by atoms with Crippen molar-refractivity contribution >= 4 is 49.9 Å². The van der Waals surface area contributed by atoms with E-state index in [0.29, 0.717) is 33.0 Å². The first-order valence-corrected chi connectivity index (χ1v) is 11.1. The molecule has 0 bridgehead atoms. The summed E-state index contributed by atoms with van der Waals surface area (Å²) in [5.74, 6) is -0.586. The van der Waals surface area contributed by atoms with Gasteiger partial charge in [0.05, 0.1) is 18.3 Å². The molecule has 32 heavy (non-hydrogen) atoms. The van der Waals surface area contributed by atoms with Gasteiger partial charge in [-0.3, -0.25) is 14.2 Å². The smallest absolute Gasteiger partial charge is 0.348 e. The van der Waals surface area contributed by atoms with E-state index < -0.39 is 5.97 Å². The third-order valence-corrected chi connectivity index (χ3v) is 6.18. The molecule has 7 nitrogen and oxygen atoms in total. The number of aryl methyl sites for hydroxylation is 1. The molecule has 4 aromatic rings. The Bertz CT molecular complexity index is 1390. The molecule has 0 aliphatic heterocycles. The van der Waals surface area contributed by atoms with Gasteiger partial charge in [-0.15, -0.1) is 11.3 Å². The Hall–Kier alpha value is -3.52. The van der Waals surface area contributed by atoms with Crippen molar-refractivity contribution in [2.45, 2.75) is 27.3 Å². The van der Waals surface area contributed by atoms with Crippen LogP contribution in [0, 0.1) is 12.8 Å². The zero-order valence-corrected chi connectivity index (χ0v) is 18.9. The lowest BCUT2D eigenvalue weighted by molar-refractivity contribution is -0.116. The fraction of sp³-hybridized carbons (Fsp3) is 0.250. The molecule has 2 aromatic heterocycles. The number of hydrogen-bond donors (Lipinski definition) is 1. The summed E-state index contributed by atoms with van der Waals surface area (Å²) in [7, 11) is 0. The number of hydrogen-bond acceptors (Lipinski definition) is 6. The number of thiophene rings is 1. The summed E-state index contributed by atoms with van der Waals surface area (Å²) in [6.07, 6.45) is 1.34. The second-order valence-corrected chi connectivity index (χ2v) is 9.02. The maximum atomic E-state index is 13.0. The number of anilines is 1. The van der Waals surface area contributed by atoms with Gasteiger partial charge in [0.2, 0.25) is 5.91 Å². The molecule has 164 valence electrons. The number of nitrogens with zero attached hydrogens (tertiary/aromatic N) is 2. The summed E-state index contributed by atoms with van der Waals surface area (Å²) in [6, 6.07) is 13.5. The first-order valence-electron chi connectivity index (χ1n) is 10.3. The molecular formula is C24H23N3O4S. The lowest BCUT2D eigenvalue weighted by Gasteiger charge is -2.08. The van der Waals surface area contributed by atoms with Crippen molar-refractivity contribution in [3.05, 3.63) is 69.6 Å². The quantitative estimate of drug-likeness (QED) is 0.442. The standard InChI is InChI=1S/C24H23N3O4S/c1-14(2)12-31-24(30)21-15(3)20-22(32-21)25-13-27(23(20)29)11-19(28)26-18-9-8-16-6-4-5-7-17(16)10-18/h4-10,13-14H,11-12H2,1-3H3,(H,26,28). The Balaban J connectivity index is 1.55. The van der Waals surface area contributed by atoms with Gasteiger partial charge in [-0.1, -0.05) is 44.2 Å². The summed E-state index contributed by atoms with van der Waals surface area (Å²) in [6.45, 7) is 5.73. The molecule has 0 spiro atoms. The van der Waals surface area contributed by atoms with Crippen LogP contribution in [0.4, 0.5) is 5.69 Å². The molecule has 1 amide bonds. The van der Waals surface area contributed by atoms with Crippen molar-refractivity contribution in [2.24, 2.45) is 5.92 Å². The van der Waals surface area contributed by atoms with Crippen LogP contribution in [-0.4, -0.2) is 28.0 Å². The zero-order valence-electron chi connectivity index (χ0n) is 18.0. The minimum absolute atomic E-state index is 0.184. The molecule has 0 fully saturated rings. The second kappa shape index (κ2) is 8.92. The summed E-state index contributed by atoms with van der Waals surface area (Å²) in [5.41, 5.74) is 0.818. The molecule has 0 atom stereocenters. The van der Waals surface area contributed by atoms with Crippen LogP contribution in [0.15, 0.2) is 53.6 Å². The maximum absolute atomic E-state index is 13.0. The molecule has 2 aromatic carbocycles. The van der Waals surface area contributed by atoms with Crippen LogP contribution >= 0.6 is 11.3 Å². The number of esters is 1. The summed E-state index contributed by atoms with van der Waals surface area (Å²) in [5, 5.41) is 5.25. The van der Waals surface area contributed by atoms with Crippen molar-refractivity contribution < 1.29 is 14.3 Å². The Labute approximate surface area is 188 Å². The van der Waals surface area contributed by atoms with Crippen molar-refractivity contribution in [3.63, 3.8) is 0 Å². The molecule has 1 N–H and O–H groups in total. The molecule has 4 rings (SSSR count). The van der Waals surface area contributed by atoms with E-state index in [-0.39, 0.29) is 23.9 Å². The molecule has 2 heterocycles. The van der Waals surface area contributed by atoms with Crippen LogP contribution in [-0.2, 0) is 16.1 Å². The number of carbonyl (C=O) groups excluding carboxylic acids is 2. The third-order valence-electron chi connectivity index (χ3n) is 5.00. The fourth-order valence-corrected chi connectivity index (χ4v) is 4.43. The highest BCUT2D eigenvalue weighted by Crippen LogP contribution is 2.27. The number of aromatic nitrogens is 2. The van der Waals surface area contributed by atoms with Gasteiger partial charge in [-0.05, 0) is 41.3 Å². The van der Waals surface area contributed by atoms with Crippen molar-refractivity contribution in [1.82, 2.24) is 9.55 Å². The van der Waals surface area contributed by atoms with Gasteiger partial charge in [-0.2, -0.15) is 0 Å². The first kappa shape index (κ1) is 21.7. The average molecular weight is 450 g/mol.